The van der Waals surface area contributed by atoms with Crippen LogP contribution in [-0.2, 0) is 0 Å². The number of hydrogen-bond donors (Lipinski definition) is 0. The maximum Gasteiger partial charge on any atom is 0.267 e. The number of carbonyl (C=O) groups is 1. The Bertz CT molecular complexity index is 801. The molecule has 1 atom stereocenters. The van der Waals surface area contributed by atoms with E-state index in [2.05, 4.69) is 15.1 Å². The Morgan fingerprint density at radius 2 is 2.17 bits per heavy atom. The summed E-state index contributed by atoms with van der Waals surface area (Å²) in [4.78, 5) is 23.7. The molecule has 4 rings (SSSR count). The molecule has 4 heterocycles. The number of pyridine rings is 1. The fourth-order valence-corrected chi connectivity index (χ4v) is 3.38. The molecule has 0 radical (unpaired) electrons. The lowest BCUT2D eigenvalue weighted by Crippen LogP contribution is -2.28. The zero-order valence-corrected chi connectivity index (χ0v) is 13.1. The summed E-state index contributed by atoms with van der Waals surface area (Å²) in [6.07, 6.45) is 4.11. The molecule has 6 nitrogen and oxygen atoms in total. The minimum atomic E-state index is 0.0249. The lowest BCUT2D eigenvalue weighted by Gasteiger charge is -2.15. The molecule has 0 aromatic carbocycles. The molecule has 1 aliphatic heterocycles. The van der Waals surface area contributed by atoms with Gasteiger partial charge in [-0.2, -0.15) is 4.98 Å². The summed E-state index contributed by atoms with van der Waals surface area (Å²) >= 11 is 1.57. The van der Waals surface area contributed by atoms with Crippen LogP contribution < -0.4 is 0 Å². The van der Waals surface area contributed by atoms with Gasteiger partial charge in [0.15, 0.2) is 5.82 Å². The smallest absolute Gasteiger partial charge is 0.267 e. The first-order chi connectivity index (χ1) is 11.3. The van der Waals surface area contributed by atoms with Crippen LogP contribution in [0.4, 0.5) is 0 Å². The van der Waals surface area contributed by atoms with Crippen molar-refractivity contribution in [3.8, 4) is 10.8 Å². The van der Waals surface area contributed by atoms with Crippen LogP contribution in [-0.4, -0.2) is 39.0 Å². The Morgan fingerprint density at radius 3 is 2.96 bits per heavy atom. The predicted molar refractivity (Wildman–Crippen MR) is 85.1 cm³/mol. The summed E-state index contributed by atoms with van der Waals surface area (Å²) in [5.74, 6) is 1.38. The SMILES string of the molecule is O=C(c1ccncc1)N1CC[C@H](c2noc(-c3cccs3)n2)C1. The predicted octanol–water partition coefficient (Wildman–Crippen LogP) is 2.82. The van der Waals surface area contributed by atoms with Gasteiger partial charge in [-0.15, -0.1) is 11.3 Å². The minimum Gasteiger partial charge on any atom is -0.338 e. The number of rotatable bonds is 3. The molecular formula is C16H14N4O2S. The van der Waals surface area contributed by atoms with E-state index in [0.717, 1.165) is 11.3 Å². The van der Waals surface area contributed by atoms with E-state index in [1.165, 1.54) is 0 Å². The highest BCUT2D eigenvalue weighted by molar-refractivity contribution is 7.13. The molecule has 1 saturated heterocycles. The van der Waals surface area contributed by atoms with Gasteiger partial charge in [-0.25, -0.2) is 0 Å². The van der Waals surface area contributed by atoms with E-state index in [0.29, 0.717) is 30.4 Å². The molecule has 0 bridgehead atoms. The Morgan fingerprint density at radius 1 is 1.30 bits per heavy atom. The summed E-state index contributed by atoms with van der Waals surface area (Å²) in [7, 11) is 0. The third kappa shape index (κ3) is 2.75. The van der Waals surface area contributed by atoms with Gasteiger partial charge in [0.05, 0.1) is 4.88 Å². The van der Waals surface area contributed by atoms with E-state index in [-0.39, 0.29) is 11.8 Å². The molecule has 7 heteroatoms. The maximum atomic E-state index is 12.5. The quantitative estimate of drug-likeness (QED) is 0.740. The van der Waals surface area contributed by atoms with Gasteiger partial charge in [0, 0.05) is 37.0 Å². The van der Waals surface area contributed by atoms with Gasteiger partial charge in [-0.05, 0) is 30.0 Å². The van der Waals surface area contributed by atoms with Crippen molar-refractivity contribution in [3.63, 3.8) is 0 Å². The van der Waals surface area contributed by atoms with Crippen molar-refractivity contribution in [1.82, 2.24) is 20.0 Å². The summed E-state index contributed by atoms with van der Waals surface area (Å²) in [6, 6.07) is 7.38. The standard InChI is InChI=1S/C16H14N4O2S/c21-16(11-3-6-17-7-4-11)20-8-5-12(10-20)14-18-15(22-19-14)13-2-1-9-23-13/h1-4,6-7,9,12H,5,8,10H2/t12-/m0/s1. The number of amides is 1. The van der Waals surface area contributed by atoms with Crippen LogP contribution >= 0.6 is 11.3 Å². The minimum absolute atomic E-state index is 0.0249. The number of aromatic nitrogens is 3. The van der Waals surface area contributed by atoms with Gasteiger partial charge in [-0.1, -0.05) is 11.2 Å². The Balaban J connectivity index is 1.47. The van der Waals surface area contributed by atoms with Gasteiger partial charge in [0.1, 0.15) is 0 Å². The molecule has 3 aromatic rings. The summed E-state index contributed by atoms with van der Waals surface area (Å²) in [5, 5.41) is 6.07. The highest BCUT2D eigenvalue weighted by atomic mass is 32.1. The molecule has 1 amide bonds. The lowest BCUT2D eigenvalue weighted by molar-refractivity contribution is 0.0790. The van der Waals surface area contributed by atoms with Gasteiger partial charge < -0.3 is 9.42 Å². The van der Waals surface area contributed by atoms with Crippen molar-refractivity contribution in [1.29, 1.82) is 0 Å². The van der Waals surface area contributed by atoms with Crippen LogP contribution in [0.5, 0.6) is 0 Å². The van der Waals surface area contributed by atoms with Gasteiger partial charge in [0.2, 0.25) is 0 Å². The van der Waals surface area contributed by atoms with Crippen molar-refractivity contribution in [3.05, 3.63) is 53.4 Å². The molecule has 116 valence electrons. The van der Waals surface area contributed by atoms with Crippen molar-refractivity contribution in [2.75, 3.05) is 13.1 Å². The fourth-order valence-electron chi connectivity index (χ4n) is 2.73. The van der Waals surface area contributed by atoms with E-state index in [1.54, 1.807) is 35.9 Å². The first kappa shape index (κ1) is 14.1. The van der Waals surface area contributed by atoms with Crippen LogP contribution in [0.2, 0.25) is 0 Å². The lowest BCUT2D eigenvalue weighted by atomic mass is 10.1. The van der Waals surface area contributed by atoms with Crippen LogP contribution in [0.1, 0.15) is 28.5 Å². The van der Waals surface area contributed by atoms with Crippen molar-refractivity contribution < 1.29 is 9.32 Å². The van der Waals surface area contributed by atoms with Gasteiger partial charge >= 0.3 is 0 Å². The number of likely N-dealkylation sites (tertiary alicyclic amines) is 1. The Hall–Kier alpha value is -2.54. The average Bonchev–Trinajstić information content (AvgIpc) is 3.34. The molecular weight excluding hydrogens is 312 g/mol. The highest BCUT2D eigenvalue weighted by Crippen LogP contribution is 2.29. The highest BCUT2D eigenvalue weighted by Gasteiger charge is 2.31. The molecule has 1 aliphatic rings. The Kier molecular flexibility index (Phi) is 3.63. The monoisotopic (exact) mass is 326 g/mol. The zero-order chi connectivity index (χ0) is 15.6. The van der Waals surface area contributed by atoms with E-state index in [9.17, 15) is 4.79 Å². The second-order valence-electron chi connectivity index (χ2n) is 5.41. The van der Waals surface area contributed by atoms with Gasteiger partial charge in [0.25, 0.3) is 11.8 Å². The number of nitrogens with zero attached hydrogens (tertiary/aromatic N) is 4. The number of carbonyl (C=O) groups excluding carboxylic acids is 1. The molecule has 1 fully saturated rings. The van der Waals surface area contributed by atoms with Crippen LogP contribution in [0, 0.1) is 0 Å². The van der Waals surface area contributed by atoms with Crippen LogP contribution in [0.3, 0.4) is 0 Å². The molecule has 0 unspecified atom stereocenters. The van der Waals surface area contributed by atoms with Crippen LogP contribution in [0.25, 0.3) is 10.8 Å². The summed E-state index contributed by atoms with van der Waals surface area (Å²) in [5.41, 5.74) is 0.660. The average molecular weight is 326 g/mol. The second kappa shape index (κ2) is 5.92. The van der Waals surface area contributed by atoms with E-state index < -0.39 is 0 Å². The summed E-state index contributed by atoms with van der Waals surface area (Å²) < 4.78 is 5.34. The Labute approximate surface area is 136 Å². The van der Waals surface area contributed by atoms with E-state index in [4.69, 9.17) is 4.52 Å². The van der Waals surface area contributed by atoms with E-state index >= 15 is 0 Å². The zero-order valence-electron chi connectivity index (χ0n) is 12.3. The van der Waals surface area contributed by atoms with Crippen LogP contribution in [0.15, 0.2) is 46.6 Å². The first-order valence-corrected chi connectivity index (χ1v) is 8.26. The molecule has 0 saturated carbocycles. The number of hydrogen-bond acceptors (Lipinski definition) is 6. The molecule has 3 aromatic heterocycles. The van der Waals surface area contributed by atoms with Crippen molar-refractivity contribution >= 4 is 17.2 Å². The molecule has 0 aliphatic carbocycles. The van der Waals surface area contributed by atoms with Crippen molar-refractivity contribution in [2.24, 2.45) is 0 Å². The van der Waals surface area contributed by atoms with Gasteiger partial charge in [-0.3, -0.25) is 9.78 Å². The first-order valence-electron chi connectivity index (χ1n) is 7.38. The normalized spacial score (nSPS) is 17.6. The van der Waals surface area contributed by atoms with Crippen molar-refractivity contribution in [2.45, 2.75) is 12.3 Å². The second-order valence-corrected chi connectivity index (χ2v) is 6.36. The molecule has 0 spiro atoms. The third-order valence-corrected chi connectivity index (χ3v) is 4.80. The topological polar surface area (TPSA) is 72.1 Å². The third-order valence-electron chi connectivity index (χ3n) is 3.94. The van der Waals surface area contributed by atoms with E-state index in [1.807, 2.05) is 22.4 Å². The summed E-state index contributed by atoms with van der Waals surface area (Å²) in [6.45, 7) is 1.32. The number of thiophene rings is 1. The molecule has 0 N–H and O–H groups in total. The molecule has 23 heavy (non-hydrogen) atoms. The fraction of sp³-hybridized carbons (Fsp3) is 0.250. The maximum absolute atomic E-state index is 12.5. The largest absolute Gasteiger partial charge is 0.338 e.